The third kappa shape index (κ3) is 3.30. The minimum atomic E-state index is -0.0894. The minimum Gasteiger partial charge on any atom is -0.384 e. The van der Waals surface area contributed by atoms with Gasteiger partial charge in [-0.05, 0) is 23.8 Å². The van der Waals surface area contributed by atoms with Gasteiger partial charge in [-0.2, -0.15) is 0 Å². The van der Waals surface area contributed by atoms with Crippen LogP contribution in [-0.2, 0) is 11.2 Å². The average Bonchev–Trinajstić information content (AvgIpc) is 2.35. The van der Waals surface area contributed by atoms with Gasteiger partial charge < -0.3 is 11.1 Å². The zero-order valence-electron chi connectivity index (χ0n) is 9.56. The van der Waals surface area contributed by atoms with Gasteiger partial charge in [0.05, 0.1) is 18.3 Å². The first-order chi connectivity index (χ1) is 8.65. The fourth-order valence-electron chi connectivity index (χ4n) is 1.50. The van der Waals surface area contributed by atoms with Crippen LogP contribution >= 0.6 is 15.9 Å². The van der Waals surface area contributed by atoms with Gasteiger partial charge in [-0.3, -0.25) is 4.79 Å². The third-order valence-corrected chi connectivity index (χ3v) is 3.15. The Labute approximate surface area is 113 Å². The molecule has 0 spiro atoms. The molecule has 3 N–H and O–H groups in total. The molecule has 0 saturated carbocycles. The number of pyridine rings is 1. The monoisotopic (exact) mass is 305 g/mol. The highest BCUT2D eigenvalue weighted by Gasteiger charge is 2.06. The molecule has 1 aromatic carbocycles. The van der Waals surface area contributed by atoms with Gasteiger partial charge in [0.1, 0.15) is 5.82 Å². The normalized spacial score (nSPS) is 10.1. The number of nitrogens with one attached hydrogen (secondary N) is 1. The van der Waals surface area contributed by atoms with E-state index in [0.717, 1.165) is 10.0 Å². The van der Waals surface area contributed by atoms with Crippen molar-refractivity contribution in [2.75, 3.05) is 11.1 Å². The van der Waals surface area contributed by atoms with Gasteiger partial charge in [0.2, 0.25) is 5.91 Å². The number of halogens is 1. The molecule has 5 heteroatoms. The van der Waals surface area contributed by atoms with Gasteiger partial charge in [0.15, 0.2) is 0 Å². The van der Waals surface area contributed by atoms with Crippen molar-refractivity contribution in [3.05, 3.63) is 52.6 Å². The van der Waals surface area contributed by atoms with Crippen LogP contribution in [0.1, 0.15) is 5.56 Å². The molecule has 1 aromatic heterocycles. The number of amides is 1. The van der Waals surface area contributed by atoms with E-state index >= 15 is 0 Å². The summed E-state index contributed by atoms with van der Waals surface area (Å²) in [6.45, 7) is 0. The van der Waals surface area contributed by atoms with E-state index in [1.54, 1.807) is 12.1 Å². The molecule has 0 aliphatic heterocycles. The van der Waals surface area contributed by atoms with Crippen molar-refractivity contribution < 1.29 is 4.79 Å². The number of anilines is 2. The Kier molecular flexibility index (Phi) is 3.94. The van der Waals surface area contributed by atoms with Gasteiger partial charge in [-0.25, -0.2) is 4.98 Å². The molecule has 0 unspecified atom stereocenters. The summed E-state index contributed by atoms with van der Waals surface area (Å²) < 4.78 is 0.926. The van der Waals surface area contributed by atoms with Crippen LogP contribution in [0.15, 0.2) is 47.1 Å². The summed E-state index contributed by atoms with van der Waals surface area (Å²) in [5.74, 6) is 0.340. The molecule has 2 rings (SSSR count). The van der Waals surface area contributed by atoms with Crippen LogP contribution in [-0.4, -0.2) is 10.9 Å². The molecule has 2 aromatic rings. The molecule has 4 nitrogen and oxygen atoms in total. The van der Waals surface area contributed by atoms with Gasteiger partial charge in [0.25, 0.3) is 0 Å². The molecule has 0 aliphatic carbocycles. The largest absolute Gasteiger partial charge is 0.384 e. The summed E-state index contributed by atoms with van der Waals surface area (Å²) in [5.41, 5.74) is 7.05. The highest BCUT2D eigenvalue weighted by atomic mass is 79.9. The number of hydrogen-bond donors (Lipinski definition) is 2. The second-order valence-electron chi connectivity index (χ2n) is 3.79. The molecule has 0 radical (unpaired) electrons. The first-order valence-electron chi connectivity index (χ1n) is 5.40. The number of hydrogen-bond acceptors (Lipinski definition) is 3. The SMILES string of the molecule is Nc1ccc(NC(=O)Cc2ccccc2Br)cn1. The molecule has 92 valence electrons. The van der Waals surface area contributed by atoms with Crippen LogP contribution in [0, 0.1) is 0 Å². The van der Waals surface area contributed by atoms with Gasteiger partial charge in [0, 0.05) is 4.47 Å². The second-order valence-corrected chi connectivity index (χ2v) is 4.64. The zero-order chi connectivity index (χ0) is 13.0. The lowest BCUT2D eigenvalue weighted by molar-refractivity contribution is -0.115. The maximum Gasteiger partial charge on any atom is 0.228 e. The Morgan fingerprint density at radius 3 is 2.72 bits per heavy atom. The van der Waals surface area contributed by atoms with E-state index in [1.165, 1.54) is 6.20 Å². The van der Waals surface area contributed by atoms with Crippen LogP contribution in [0.3, 0.4) is 0 Å². The van der Waals surface area contributed by atoms with Crippen LogP contribution in [0.4, 0.5) is 11.5 Å². The van der Waals surface area contributed by atoms with Crippen molar-refractivity contribution in [2.24, 2.45) is 0 Å². The fourth-order valence-corrected chi connectivity index (χ4v) is 1.92. The van der Waals surface area contributed by atoms with Crippen molar-refractivity contribution in [2.45, 2.75) is 6.42 Å². The lowest BCUT2D eigenvalue weighted by atomic mass is 10.1. The van der Waals surface area contributed by atoms with Crippen molar-refractivity contribution in [1.29, 1.82) is 0 Å². The summed E-state index contributed by atoms with van der Waals surface area (Å²) in [6.07, 6.45) is 1.85. The summed E-state index contributed by atoms with van der Waals surface area (Å²) in [4.78, 5) is 15.7. The van der Waals surface area contributed by atoms with Gasteiger partial charge in [-0.1, -0.05) is 34.1 Å². The molecular formula is C13H12BrN3O. The maximum absolute atomic E-state index is 11.8. The van der Waals surface area contributed by atoms with E-state index in [0.29, 0.717) is 17.9 Å². The average molecular weight is 306 g/mol. The number of rotatable bonds is 3. The van der Waals surface area contributed by atoms with E-state index in [4.69, 9.17) is 5.73 Å². The molecule has 0 bridgehead atoms. The van der Waals surface area contributed by atoms with Crippen LogP contribution in [0.5, 0.6) is 0 Å². The second kappa shape index (κ2) is 5.64. The van der Waals surface area contributed by atoms with Gasteiger partial charge in [-0.15, -0.1) is 0 Å². The molecule has 0 atom stereocenters. The lowest BCUT2D eigenvalue weighted by Gasteiger charge is -2.06. The summed E-state index contributed by atoms with van der Waals surface area (Å²) in [7, 11) is 0. The van der Waals surface area contributed by atoms with Crippen LogP contribution in [0.2, 0.25) is 0 Å². The van der Waals surface area contributed by atoms with Crippen molar-refractivity contribution in [1.82, 2.24) is 4.98 Å². The quantitative estimate of drug-likeness (QED) is 0.916. The zero-order valence-corrected chi connectivity index (χ0v) is 11.1. The molecular weight excluding hydrogens is 294 g/mol. The Morgan fingerprint density at radius 1 is 1.28 bits per heavy atom. The molecule has 1 amide bonds. The summed E-state index contributed by atoms with van der Waals surface area (Å²) in [6, 6.07) is 11.0. The Balaban J connectivity index is 2.01. The number of nitrogen functional groups attached to an aromatic ring is 1. The van der Waals surface area contributed by atoms with E-state index in [-0.39, 0.29) is 5.91 Å². The van der Waals surface area contributed by atoms with Crippen LogP contribution in [0.25, 0.3) is 0 Å². The maximum atomic E-state index is 11.8. The van der Waals surface area contributed by atoms with Crippen molar-refractivity contribution in [3.8, 4) is 0 Å². The standard InChI is InChI=1S/C13H12BrN3O/c14-11-4-2-1-3-9(11)7-13(18)17-10-5-6-12(15)16-8-10/h1-6,8H,7H2,(H2,15,16)(H,17,18). The van der Waals surface area contributed by atoms with E-state index in [9.17, 15) is 4.79 Å². The smallest absolute Gasteiger partial charge is 0.228 e. The highest BCUT2D eigenvalue weighted by Crippen LogP contribution is 2.17. The van der Waals surface area contributed by atoms with Crippen molar-refractivity contribution in [3.63, 3.8) is 0 Å². The predicted molar refractivity (Wildman–Crippen MR) is 75.1 cm³/mol. The number of benzene rings is 1. The topological polar surface area (TPSA) is 68.0 Å². The third-order valence-electron chi connectivity index (χ3n) is 2.38. The molecule has 0 fully saturated rings. The number of carbonyl (C=O) groups excluding carboxylic acids is 1. The Hall–Kier alpha value is -1.88. The number of aromatic nitrogens is 1. The first-order valence-corrected chi connectivity index (χ1v) is 6.19. The van der Waals surface area contributed by atoms with E-state index < -0.39 is 0 Å². The number of carbonyl (C=O) groups is 1. The predicted octanol–water partition coefficient (Wildman–Crippen LogP) is 2.61. The first kappa shape index (κ1) is 12.6. The van der Waals surface area contributed by atoms with Crippen molar-refractivity contribution >= 4 is 33.3 Å². The molecule has 1 heterocycles. The lowest BCUT2D eigenvalue weighted by Crippen LogP contribution is -2.14. The molecule has 0 aliphatic rings. The highest BCUT2D eigenvalue weighted by molar-refractivity contribution is 9.10. The Morgan fingerprint density at radius 2 is 2.06 bits per heavy atom. The van der Waals surface area contributed by atoms with Gasteiger partial charge >= 0.3 is 0 Å². The van der Waals surface area contributed by atoms with E-state index in [2.05, 4.69) is 26.2 Å². The molecule has 0 saturated heterocycles. The summed E-state index contributed by atoms with van der Waals surface area (Å²) in [5, 5.41) is 2.77. The minimum absolute atomic E-state index is 0.0894. The number of nitrogens with two attached hydrogens (primary N) is 1. The molecule has 18 heavy (non-hydrogen) atoms. The summed E-state index contributed by atoms with van der Waals surface area (Å²) >= 11 is 3.41. The van der Waals surface area contributed by atoms with E-state index in [1.807, 2.05) is 24.3 Å². The van der Waals surface area contributed by atoms with Crippen LogP contribution < -0.4 is 11.1 Å². The number of nitrogens with zero attached hydrogens (tertiary/aromatic N) is 1. The Bertz CT molecular complexity index is 554. The fraction of sp³-hybridized carbons (Fsp3) is 0.0769.